The number of hydrogen-bond acceptors (Lipinski definition) is 6. The lowest BCUT2D eigenvalue weighted by molar-refractivity contribution is 0.0697. The van der Waals surface area contributed by atoms with E-state index in [2.05, 4.69) is 20.6 Å². The van der Waals surface area contributed by atoms with E-state index in [1.807, 2.05) is 25.3 Å². The molecule has 5 nitrogen and oxygen atoms in total. The molecular weight excluding hydrogens is 248 g/mol. The molecule has 2 rings (SSSR count). The third-order valence-electron chi connectivity index (χ3n) is 2.95. The van der Waals surface area contributed by atoms with Crippen molar-refractivity contribution < 1.29 is 5.11 Å². The molecule has 0 aliphatic carbocycles. The maximum atomic E-state index is 10.0. The lowest BCUT2D eigenvalue weighted by Gasteiger charge is -2.22. The average Bonchev–Trinajstić information content (AvgIpc) is 2.84. The number of rotatable bonds is 5. The number of nitrogens with one attached hydrogen (secondary N) is 2. The molecule has 2 aromatic heterocycles. The number of fused-ring (bicyclic) bond motifs is 1. The van der Waals surface area contributed by atoms with Crippen molar-refractivity contribution in [2.24, 2.45) is 0 Å². The van der Waals surface area contributed by atoms with Crippen LogP contribution in [0.15, 0.2) is 11.4 Å². The van der Waals surface area contributed by atoms with Crippen LogP contribution in [0.3, 0.4) is 0 Å². The molecule has 2 heterocycles. The van der Waals surface area contributed by atoms with Crippen LogP contribution in [0.1, 0.15) is 20.3 Å². The SMILES string of the molecule is CCC(C)(O)CNc1nc(NC)nc2sccc12. The van der Waals surface area contributed by atoms with Crippen LogP contribution in [0.2, 0.25) is 0 Å². The summed E-state index contributed by atoms with van der Waals surface area (Å²) < 4.78 is 0. The van der Waals surface area contributed by atoms with Gasteiger partial charge in [-0.05, 0) is 24.8 Å². The molecule has 0 aliphatic heterocycles. The minimum Gasteiger partial charge on any atom is -0.388 e. The zero-order chi connectivity index (χ0) is 13.2. The highest BCUT2D eigenvalue weighted by molar-refractivity contribution is 7.16. The van der Waals surface area contributed by atoms with Gasteiger partial charge in [0.25, 0.3) is 0 Å². The number of hydrogen-bond donors (Lipinski definition) is 3. The molecular formula is C12H18N4OS. The van der Waals surface area contributed by atoms with Crippen LogP contribution in [0, 0.1) is 0 Å². The standard InChI is InChI=1S/C12H18N4OS/c1-4-12(2,17)7-14-9-8-5-6-18-10(8)16-11(13-3)15-9/h5-6,17H,4,7H2,1-3H3,(H2,13,14,15,16). The molecule has 0 bridgehead atoms. The van der Waals surface area contributed by atoms with Gasteiger partial charge < -0.3 is 15.7 Å². The first-order valence-electron chi connectivity index (χ1n) is 5.95. The summed E-state index contributed by atoms with van der Waals surface area (Å²) in [7, 11) is 1.79. The van der Waals surface area contributed by atoms with Crippen molar-refractivity contribution in [2.75, 3.05) is 24.2 Å². The van der Waals surface area contributed by atoms with Crippen molar-refractivity contribution in [3.8, 4) is 0 Å². The Kier molecular flexibility index (Phi) is 3.68. The van der Waals surface area contributed by atoms with Crippen LogP contribution in [-0.4, -0.2) is 34.3 Å². The monoisotopic (exact) mass is 266 g/mol. The minimum atomic E-state index is -0.729. The second-order valence-corrected chi connectivity index (χ2v) is 5.38. The van der Waals surface area contributed by atoms with Gasteiger partial charge in [-0.25, -0.2) is 4.98 Å². The summed E-state index contributed by atoms with van der Waals surface area (Å²) in [4.78, 5) is 9.70. The molecule has 0 fully saturated rings. The highest BCUT2D eigenvalue weighted by atomic mass is 32.1. The maximum Gasteiger partial charge on any atom is 0.225 e. The Bertz CT molecular complexity index is 538. The van der Waals surface area contributed by atoms with Crippen LogP contribution in [0.4, 0.5) is 11.8 Å². The number of anilines is 2. The fraction of sp³-hybridized carbons (Fsp3) is 0.500. The van der Waals surface area contributed by atoms with Crippen molar-refractivity contribution >= 4 is 33.3 Å². The summed E-state index contributed by atoms with van der Waals surface area (Å²) in [6.07, 6.45) is 0.691. The highest BCUT2D eigenvalue weighted by Crippen LogP contribution is 2.26. The first-order chi connectivity index (χ1) is 8.55. The lowest BCUT2D eigenvalue weighted by Crippen LogP contribution is -2.32. The van der Waals surface area contributed by atoms with Crippen molar-refractivity contribution in [1.29, 1.82) is 0 Å². The quantitative estimate of drug-likeness (QED) is 0.774. The van der Waals surface area contributed by atoms with E-state index in [0.717, 1.165) is 16.0 Å². The maximum absolute atomic E-state index is 10.0. The van der Waals surface area contributed by atoms with Gasteiger partial charge in [-0.1, -0.05) is 6.92 Å². The molecule has 3 N–H and O–H groups in total. The van der Waals surface area contributed by atoms with Crippen molar-refractivity contribution in [1.82, 2.24) is 9.97 Å². The summed E-state index contributed by atoms with van der Waals surface area (Å²) in [5.41, 5.74) is -0.729. The Hall–Kier alpha value is -1.40. The zero-order valence-corrected chi connectivity index (χ0v) is 11.6. The molecule has 0 amide bonds. The largest absolute Gasteiger partial charge is 0.388 e. The first-order valence-corrected chi connectivity index (χ1v) is 6.83. The summed E-state index contributed by atoms with van der Waals surface area (Å²) in [6, 6.07) is 1.99. The second-order valence-electron chi connectivity index (χ2n) is 4.49. The summed E-state index contributed by atoms with van der Waals surface area (Å²) in [6.45, 7) is 4.24. The Morgan fingerprint density at radius 3 is 2.89 bits per heavy atom. The van der Waals surface area contributed by atoms with E-state index in [0.29, 0.717) is 18.9 Å². The molecule has 0 aromatic carbocycles. The van der Waals surface area contributed by atoms with E-state index in [1.54, 1.807) is 18.4 Å². The van der Waals surface area contributed by atoms with E-state index in [4.69, 9.17) is 0 Å². The fourth-order valence-electron chi connectivity index (χ4n) is 1.50. The van der Waals surface area contributed by atoms with Gasteiger partial charge in [0.05, 0.1) is 11.0 Å². The van der Waals surface area contributed by atoms with E-state index < -0.39 is 5.60 Å². The van der Waals surface area contributed by atoms with E-state index in [9.17, 15) is 5.11 Å². The third-order valence-corrected chi connectivity index (χ3v) is 3.75. The van der Waals surface area contributed by atoms with Gasteiger partial charge in [-0.15, -0.1) is 11.3 Å². The smallest absolute Gasteiger partial charge is 0.225 e. The fourth-order valence-corrected chi connectivity index (χ4v) is 2.26. The Morgan fingerprint density at radius 1 is 1.44 bits per heavy atom. The molecule has 6 heteroatoms. The van der Waals surface area contributed by atoms with Gasteiger partial charge in [0, 0.05) is 13.6 Å². The molecule has 2 aromatic rings. The molecule has 98 valence electrons. The van der Waals surface area contributed by atoms with E-state index in [1.165, 1.54) is 0 Å². The molecule has 0 saturated carbocycles. The molecule has 0 saturated heterocycles. The van der Waals surface area contributed by atoms with Gasteiger partial charge in [-0.3, -0.25) is 0 Å². The molecule has 18 heavy (non-hydrogen) atoms. The van der Waals surface area contributed by atoms with Gasteiger partial charge in [-0.2, -0.15) is 4.98 Å². The summed E-state index contributed by atoms with van der Waals surface area (Å²) >= 11 is 1.58. The van der Waals surface area contributed by atoms with Crippen LogP contribution in [0.25, 0.3) is 10.2 Å². The Morgan fingerprint density at radius 2 is 2.22 bits per heavy atom. The first kappa shape index (κ1) is 13.0. The molecule has 0 spiro atoms. The van der Waals surface area contributed by atoms with Crippen molar-refractivity contribution in [3.05, 3.63) is 11.4 Å². The Labute approximate surface area is 110 Å². The molecule has 1 atom stereocenters. The highest BCUT2D eigenvalue weighted by Gasteiger charge is 2.18. The van der Waals surface area contributed by atoms with Crippen LogP contribution < -0.4 is 10.6 Å². The second kappa shape index (κ2) is 5.07. The molecule has 0 radical (unpaired) electrons. The summed E-state index contributed by atoms with van der Waals surface area (Å²) in [5.74, 6) is 1.35. The predicted molar refractivity (Wildman–Crippen MR) is 76.4 cm³/mol. The van der Waals surface area contributed by atoms with Crippen molar-refractivity contribution in [3.63, 3.8) is 0 Å². The van der Waals surface area contributed by atoms with Gasteiger partial charge >= 0.3 is 0 Å². The van der Waals surface area contributed by atoms with Gasteiger partial charge in [0.15, 0.2) is 0 Å². The van der Waals surface area contributed by atoms with E-state index >= 15 is 0 Å². The number of aromatic nitrogens is 2. The van der Waals surface area contributed by atoms with Crippen LogP contribution >= 0.6 is 11.3 Å². The minimum absolute atomic E-state index is 0.467. The summed E-state index contributed by atoms with van der Waals surface area (Å²) in [5, 5.41) is 19.1. The molecule has 0 aliphatic rings. The normalized spacial score (nSPS) is 14.4. The van der Waals surface area contributed by atoms with Crippen molar-refractivity contribution in [2.45, 2.75) is 25.9 Å². The topological polar surface area (TPSA) is 70.1 Å². The van der Waals surface area contributed by atoms with Crippen LogP contribution in [-0.2, 0) is 0 Å². The third kappa shape index (κ3) is 2.70. The number of nitrogens with zero attached hydrogens (tertiary/aromatic N) is 2. The average molecular weight is 266 g/mol. The van der Waals surface area contributed by atoms with Gasteiger partial charge in [0.2, 0.25) is 5.95 Å². The Balaban J connectivity index is 2.28. The van der Waals surface area contributed by atoms with Gasteiger partial charge in [0.1, 0.15) is 10.6 Å². The van der Waals surface area contributed by atoms with E-state index in [-0.39, 0.29) is 0 Å². The van der Waals surface area contributed by atoms with Crippen LogP contribution in [0.5, 0.6) is 0 Å². The number of thiophene rings is 1. The zero-order valence-electron chi connectivity index (χ0n) is 10.8. The molecule has 1 unspecified atom stereocenters. The lowest BCUT2D eigenvalue weighted by atomic mass is 10.0. The number of aliphatic hydroxyl groups is 1. The predicted octanol–water partition coefficient (Wildman–Crippen LogP) is 2.31.